The van der Waals surface area contributed by atoms with E-state index in [-0.39, 0.29) is 6.10 Å². The third kappa shape index (κ3) is 3.31. The van der Waals surface area contributed by atoms with Crippen LogP contribution in [0.25, 0.3) is 0 Å². The molecule has 0 spiro atoms. The Labute approximate surface area is 110 Å². The van der Waals surface area contributed by atoms with Crippen LogP contribution in [0.4, 0.5) is 11.4 Å². The maximum absolute atomic E-state index is 5.89. The molecule has 3 nitrogen and oxygen atoms in total. The normalized spacial score (nSPS) is 20.8. The second kappa shape index (κ2) is 4.71. The minimum Gasteiger partial charge on any atom is -0.491 e. The van der Waals surface area contributed by atoms with Gasteiger partial charge in [0.15, 0.2) is 0 Å². The Hall–Kier alpha value is -1.38. The summed E-state index contributed by atoms with van der Waals surface area (Å²) in [5.41, 5.74) is 8.19. The molecule has 0 aromatic heterocycles. The lowest BCUT2D eigenvalue weighted by Gasteiger charge is -2.13. The highest BCUT2D eigenvalue weighted by Crippen LogP contribution is 2.51. The summed E-state index contributed by atoms with van der Waals surface area (Å²) in [5, 5.41) is 3.46. The minimum atomic E-state index is 0.169. The zero-order chi connectivity index (χ0) is 13.3. The van der Waals surface area contributed by atoms with Crippen molar-refractivity contribution in [3.8, 4) is 5.75 Å². The van der Waals surface area contributed by atoms with Crippen LogP contribution in [0, 0.1) is 11.3 Å². The first kappa shape index (κ1) is 13.1. The summed E-state index contributed by atoms with van der Waals surface area (Å²) in [5.74, 6) is 1.61. The molecule has 0 amide bonds. The molecule has 0 aliphatic heterocycles. The van der Waals surface area contributed by atoms with Crippen molar-refractivity contribution in [1.82, 2.24) is 0 Å². The van der Waals surface area contributed by atoms with Crippen molar-refractivity contribution in [2.24, 2.45) is 11.3 Å². The molecule has 1 atom stereocenters. The monoisotopic (exact) mass is 248 g/mol. The van der Waals surface area contributed by atoms with Gasteiger partial charge < -0.3 is 15.8 Å². The standard InChI is InChI=1S/C15H24N2O/c1-10(2)18-14-6-12(16)5-13(7-14)17-9-11-8-15(11,3)4/h5-7,10-11,17H,8-9,16H2,1-4H3. The van der Waals surface area contributed by atoms with Crippen molar-refractivity contribution in [3.05, 3.63) is 18.2 Å². The van der Waals surface area contributed by atoms with Gasteiger partial charge in [-0.1, -0.05) is 13.8 Å². The highest BCUT2D eigenvalue weighted by Gasteiger charge is 2.44. The third-order valence-electron chi connectivity index (χ3n) is 3.57. The molecule has 1 aliphatic rings. The summed E-state index contributed by atoms with van der Waals surface area (Å²) < 4.78 is 5.68. The van der Waals surface area contributed by atoms with Crippen LogP contribution in [-0.2, 0) is 0 Å². The van der Waals surface area contributed by atoms with E-state index < -0.39 is 0 Å². The lowest BCUT2D eigenvalue weighted by Crippen LogP contribution is -2.09. The van der Waals surface area contributed by atoms with Gasteiger partial charge in [-0.2, -0.15) is 0 Å². The molecular weight excluding hydrogens is 224 g/mol. The maximum Gasteiger partial charge on any atom is 0.123 e. The van der Waals surface area contributed by atoms with Gasteiger partial charge in [-0.3, -0.25) is 0 Å². The lowest BCUT2D eigenvalue weighted by atomic mass is 10.1. The molecule has 2 rings (SSSR count). The number of nitrogen functional groups attached to an aromatic ring is 1. The van der Waals surface area contributed by atoms with Crippen LogP contribution < -0.4 is 15.8 Å². The Balaban J connectivity index is 1.97. The van der Waals surface area contributed by atoms with Crippen LogP contribution in [0.15, 0.2) is 18.2 Å². The van der Waals surface area contributed by atoms with E-state index in [9.17, 15) is 0 Å². The molecule has 1 saturated carbocycles. The molecule has 0 heterocycles. The van der Waals surface area contributed by atoms with E-state index in [1.54, 1.807) is 0 Å². The Morgan fingerprint density at radius 1 is 1.39 bits per heavy atom. The molecule has 3 N–H and O–H groups in total. The molecule has 18 heavy (non-hydrogen) atoms. The molecule has 1 fully saturated rings. The zero-order valence-electron chi connectivity index (χ0n) is 11.8. The van der Waals surface area contributed by atoms with Crippen molar-refractivity contribution in [2.45, 2.75) is 40.2 Å². The summed E-state index contributed by atoms with van der Waals surface area (Å²) in [6, 6.07) is 5.85. The number of nitrogens with two attached hydrogens (primary N) is 1. The SMILES string of the molecule is CC(C)Oc1cc(N)cc(NCC2CC2(C)C)c1. The smallest absolute Gasteiger partial charge is 0.123 e. The van der Waals surface area contributed by atoms with E-state index in [0.717, 1.165) is 29.6 Å². The van der Waals surface area contributed by atoms with Gasteiger partial charge in [-0.05, 0) is 37.7 Å². The first-order valence-corrected chi connectivity index (χ1v) is 6.68. The Bertz CT molecular complexity index is 427. The van der Waals surface area contributed by atoms with Gasteiger partial charge >= 0.3 is 0 Å². The summed E-state index contributed by atoms with van der Waals surface area (Å²) in [6.07, 6.45) is 1.47. The first-order chi connectivity index (χ1) is 8.37. The number of rotatable bonds is 5. The van der Waals surface area contributed by atoms with Gasteiger partial charge in [-0.15, -0.1) is 0 Å². The van der Waals surface area contributed by atoms with Crippen molar-refractivity contribution >= 4 is 11.4 Å². The van der Waals surface area contributed by atoms with Crippen LogP contribution in [0.2, 0.25) is 0 Å². The number of anilines is 2. The molecule has 3 heteroatoms. The van der Waals surface area contributed by atoms with Crippen molar-refractivity contribution in [1.29, 1.82) is 0 Å². The van der Waals surface area contributed by atoms with Crippen LogP contribution in [0.3, 0.4) is 0 Å². The van der Waals surface area contributed by atoms with Crippen LogP contribution in [0.5, 0.6) is 5.75 Å². The minimum absolute atomic E-state index is 0.169. The van der Waals surface area contributed by atoms with Crippen LogP contribution in [0.1, 0.15) is 34.1 Å². The summed E-state index contributed by atoms with van der Waals surface area (Å²) in [6.45, 7) is 9.67. The largest absolute Gasteiger partial charge is 0.491 e. The van der Waals surface area contributed by atoms with Gasteiger partial charge in [-0.25, -0.2) is 0 Å². The average Bonchev–Trinajstić information content (AvgIpc) is 2.81. The molecule has 100 valence electrons. The molecule has 0 radical (unpaired) electrons. The molecule has 1 unspecified atom stereocenters. The number of hydrogen-bond acceptors (Lipinski definition) is 3. The predicted molar refractivity (Wildman–Crippen MR) is 77.0 cm³/mol. The van der Waals surface area contributed by atoms with Gasteiger partial charge in [0.1, 0.15) is 5.75 Å². The molecule has 0 bridgehead atoms. The predicted octanol–water partition coefficient (Wildman–Crippen LogP) is 3.51. The number of hydrogen-bond donors (Lipinski definition) is 2. The van der Waals surface area contributed by atoms with Crippen LogP contribution >= 0.6 is 0 Å². The zero-order valence-corrected chi connectivity index (χ0v) is 11.8. The molecule has 0 saturated heterocycles. The van der Waals surface area contributed by atoms with E-state index in [0.29, 0.717) is 5.41 Å². The highest BCUT2D eigenvalue weighted by molar-refractivity contribution is 5.59. The first-order valence-electron chi connectivity index (χ1n) is 6.68. The van der Waals surface area contributed by atoms with E-state index >= 15 is 0 Å². The van der Waals surface area contributed by atoms with Crippen molar-refractivity contribution < 1.29 is 4.74 Å². The van der Waals surface area contributed by atoms with Crippen molar-refractivity contribution in [2.75, 3.05) is 17.6 Å². The molecular formula is C15H24N2O. The Morgan fingerprint density at radius 3 is 2.61 bits per heavy atom. The average molecular weight is 248 g/mol. The van der Waals surface area contributed by atoms with Gasteiger partial charge in [0.2, 0.25) is 0 Å². The van der Waals surface area contributed by atoms with Gasteiger partial charge in [0, 0.05) is 30.1 Å². The van der Waals surface area contributed by atoms with E-state index in [1.807, 2.05) is 32.0 Å². The second-order valence-electron chi connectivity index (χ2n) is 6.23. The summed E-state index contributed by atoms with van der Waals surface area (Å²) >= 11 is 0. The van der Waals surface area contributed by atoms with Gasteiger partial charge in [0.05, 0.1) is 6.10 Å². The fourth-order valence-electron chi connectivity index (χ4n) is 2.23. The fourth-order valence-corrected chi connectivity index (χ4v) is 2.23. The lowest BCUT2D eigenvalue weighted by molar-refractivity contribution is 0.242. The van der Waals surface area contributed by atoms with Crippen molar-refractivity contribution in [3.63, 3.8) is 0 Å². The number of nitrogens with one attached hydrogen (secondary N) is 1. The second-order valence-corrected chi connectivity index (χ2v) is 6.23. The highest BCUT2D eigenvalue weighted by atomic mass is 16.5. The number of benzene rings is 1. The topological polar surface area (TPSA) is 47.3 Å². The molecule has 1 aliphatic carbocycles. The molecule has 1 aromatic rings. The molecule has 1 aromatic carbocycles. The quantitative estimate of drug-likeness (QED) is 0.784. The fraction of sp³-hybridized carbons (Fsp3) is 0.600. The maximum atomic E-state index is 5.89. The Kier molecular flexibility index (Phi) is 3.42. The third-order valence-corrected chi connectivity index (χ3v) is 3.57. The van der Waals surface area contributed by atoms with E-state index in [4.69, 9.17) is 10.5 Å². The Morgan fingerprint density at radius 2 is 2.06 bits per heavy atom. The van der Waals surface area contributed by atoms with Crippen LogP contribution in [-0.4, -0.2) is 12.6 Å². The summed E-state index contributed by atoms with van der Waals surface area (Å²) in [7, 11) is 0. The van der Waals surface area contributed by atoms with Gasteiger partial charge in [0.25, 0.3) is 0 Å². The summed E-state index contributed by atoms with van der Waals surface area (Å²) in [4.78, 5) is 0. The van der Waals surface area contributed by atoms with E-state index in [2.05, 4.69) is 19.2 Å². The number of ether oxygens (including phenoxy) is 1. The van der Waals surface area contributed by atoms with E-state index in [1.165, 1.54) is 6.42 Å².